The van der Waals surface area contributed by atoms with E-state index in [4.69, 9.17) is 0 Å². The van der Waals surface area contributed by atoms with Gasteiger partial charge in [-0.15, -0.1) is 0 Å². The van der Waals surface area contributed by atoms with E-state index >= 15 is 0 Å². The monoisotopic (exact) mass is 271 g/mol. The Bertz CT molecular complexity index is 687. The lowest BCUT2D eigenvalue weighted by Crippen LogP contribution is -2.39. The fraction of sp³-hybridized carbons (Fsp3) is 0.400. The largest absolute Gasteiger partial charge is 0.341 e. The van der Waals surface area contributed by atoms with E-state index in [0.29, 0.717) is 10.9 Å². The van der Waals surface area contributed by atoms with Crippen molar-refractivity contribution in [3.63, 3.8) is 0 Å². The lowest BCUT2D eigenvalue weighted by molar-refractivity contribution is -0.132. The van der Waals surface area contributed by atoms with Gasteiger partial charge in [0.2, 0.25) is 5.91 Å². The van der Waals surface area contributed by atoms with Gasteiger partial charge in [-0.25, -0.2) is 4.98 Å². The van der Waals surface area contributed by atoms with Gasteiger partial charge in [0.1, 0.15) is 6.54 Å². The van der Waals surface area contributed by atoms with E-state index in [1.54, 1.807) is 12.1 Å². The zero-order valence-electron chi connectivity index (χ0n) is 11.3. The Labute approximate surface area is 116 Å². The molecule has 0 N–H and O–H groups in total. The Morgan fingerprint density at radius 2 is 1.90 bits per heavy atom. The molecular weight excluding hydrogens is 254 g/mol. The summed E-state index contributed by atoms with van der Waals surface area (Å²) in [6, 6.07) is 7.19. The highest BCUT2D eigenvalue weighted by atomic mass is 16.2. The van der Waals surface area contributed by atoms with Gasteiger partial charge in [-0.2, -0.15) is 0 Å². The lowest BCUT2D eigenvalue weighted by atomic mass is 10.1. The van der Waals surface area contributed by atoms with E-state index in [0.717, 1.165) is 25.9 Å². The van der Waals surface area contributed by atoms with Gasteiger partial charge in [0.05, 0.1) is 17.2 Å². The van der Waals surface area contributed by atoms with Gasteiger partial charge >= 0.3 is 0 Å². The molecule has 0 atom stereocenters. The van der Waals surface area contributed by atoms with Crippen LogP contribution in [0.4, 0.5) is 0 Å². The SMILES string of the molecule is O=C(Cn1cnc2ccccc2c1=O)N1CCCCC1. The topological polar surface area (TPSA) is 55.2 Å². The molecule has 20 heavy (non-hydrogen) atoms. The van der Waals surface area contributed by atoms with E-state index in [-0.39, 0.29) is 18.0 Å². The molecule has 5 heteroatoms. The molecule has 5 nitrogen and oxygen atoms in total. The van der Waals surface area contributed by atoms with Crippen LogP contribution in [0.3, 0.4) is 0 Å². The van der Waals surface area contributed by atoms with Gasteiger partial charge in [-0.3, -0.25) is 14.2 Å². The van der Waals surface area contributed by atoms with Crippen LogP contribution in [0.15, 0.2) is 35.4 Å². The van der Waals surface area contributed by atoms with Crippen molar-refractivity contribution in [2.45, 2.75) is 25.8 Å². The molecule has 1 amide bonds. The predicted octanol–water partition coefficient (Wildman–Crippen LogP) is 1.41. The molecule has 1 fully saturated rings. The third-order valence-electron chi connectivity index (χ3n) is 3.75. The first-order chi connectivity index (χ1) is 9.75. The summed E-state index contributed by atoms with van der Waals surface area (Å²) in [6.07, 6.45) is 4.75. The van der Waals surface area contributed by atoms with Crippen LogP contribution in [0.25, 0.3) is 10.9 Å². The molecule has 1 aliphatic heterocycles. The minimum atomic E-state index is -0.152. The van der Waals surface area contributed by atoms with Gasteiger partial charge in [-0.1, -0.05) is 12.1 Å². The average Bonchev–Trinajstić information content (AvgIpc) is 2.51. The van der Waals surface area contributed by atoms with Crippen molar-refractivity contribution in [3.8, 4) is 0 Å². The summed E-state index contributed by atoms with van der Waals surface area (Å²) in [7, 11) is 0. The summed E-state index contributed by atoms with van der Waals surface area (Å²) in [5.74, 6) is 0.00359. The second kappa shape index (κ2) is 5.45. The van der Waals surface area contributed by atoms with Crippen LogP contribution >= 0.6 is 0 Å². The Kier molecular flexibility index (Phi) is 3.50. The summed E-state index contributed by atoms with van der Waals surface area (Å²) in [5.41, 5.74) is 0.514. The number of hydrogen-bond acceptors (Lipinski definition) is 3. The van der Waals surface area contributed by atoms with Crippen LogP contribution in [0.1, 0.15) is 19.3 Å². The molecule has 1 saturated heterocycles. The van der Waals surface area contributed by atoms with Crippen LogP contribution in [0.2, 0.25) is 0 Å². The molecule has 0 unspecified atom stereocenters. The van der Waals surface area contributed by atoms with Crippen molar-refractivity contribution >= 4 is 16.8 Å². The zero-order valence-corrected chi connectivity index (χ0v) is 11.3. The minimum Gasteiger partial charge on any atom is -0.341 e. The molecule has 0 bridgehead atoms. The number of rotatable bonds is 2. The lowest BCUT2D eigenvalue weighted by Gasteiger charge is -2.26. The van der Waals surface area contributed by atoms with E-state index in [1.165, 1.54) is 17.3 Å². The molecule has 0 radical (unpaired) electrons. The molecular formula is C15H17N3O2. The maximum atomic E-state index is 12.3. The van der Waals surface area contributed by atoms with Crippen LogP contribution in [-0.4, -0.2) is 33.4 Å². The number of carbonyl (C=O) groups is 1. The molecule has 0 spiro atoms. The fourth-order valence-corrected chi connectivity index (χ4v) is 2.61. The quantitative estimate of drug-likeness (QED) is 0.830. The number of likely N-dealkylation sites (tertiary alicyclic amines) is 1. The number of fused-ring (bicyclic) bond motifs is 1. The number of carbonyl (C=O) groups excluding carboxylic acids is 1. The molecule has 104 valence electrons. The van der Waals surface area contributed by atoms with Gasteiger partial charge in [0, 0.05) is 13.1 Å². The summed E-state index contributed by atoms with van der Waals surface area (Å²) < 4.78 is 1.40. The molecule has 3 rings (SSSR count). The Hall–Kier alpha value is -2.17. The van der Waals surface area contributed by atoms with E-state index in [2.05, 4.69) is 4.98 Å². The maximum Gasteiger partial charge on any atom is 0.261 e. The zero-order chi connectivity index (χ0) is 13.9. The summed E-state index contributed by atoms with van der Waals surface area (Å²) in [5, 5.41) is 0.557. The van der Waals surface area contributed by atoms with Crippen molar-refractivity contribution in [1.29, 1.82) is 0 Å². The fourth-order valence-electron chi connectivity index (χ4n) is 2.61. The smallest absolute Gasteiger partial charge is 0.261 e. The Morgan fingerprint density at radius 3 is 2.70 bits per heavy atom. The standard InChI is InChI=1S/C15H17N3O2/c19-14(17-8-4-1-5-9-17)10-18-11-16-13-7-3-2-6-12(13)15(18)20/h2-3,6-7,11H,1,4-5,8-10H2. The van der Waals surface area contributed by atoms with Crippen LogP contribution in [0.5, 0.6) is 0 Å². The third-order valence-corrected chi connectivity index (χ3v) is 3.75. The Balaban J connectivity index is 1.85. The van der Waals surface area contributed by atoms with Gasteiger partial charge in [0.25, 0.3) is 5.56 Å². The summed E-state index contributed by atoms with van der Waals surface area (Å²) >= 11 is 0. The second-order valence-electron chi connectivity index (χ2n) is 5.14. The van der Waals surface area contributed by atoms with Crippen molar-refractivity contribution in [3.05, 3.63) is 40.9 Å². The first-order valence-electron chi connectivity index (χ1n) is 6.98. The molecule has 2 aromatic rings. The molecule has 0 saturated carbocycles. The summed E-state index contributed by atoms with van der Waals surface area (Å²) in [6.45, 7) is 1.68. The van der Waals surface area contributed by atoms with E-state index in [1.807, 2.05) is 17.0 Å². The van der Waals surface area contributed by atoms with Gasteiger partial charge < -0.3 is 4.90 Å². The number of para-hydroxylation sites is 1. The molecule has 1 aromatic carbocycles. The highest BCUT2D eigenvalue weighted by molar-refractivity contribution is 5.79. The second-order valence-corrected chi connectivity index (χ2v) is 5.14. The van der Waals surface area contributed by atoms with Crippen molar-refractivity contribution in [2.24, 2.45) is 0 Å². The predicted molar refractivity (Wildman–Crippen MR) is 76.4 cm³/mol. The number of piperidine rings is 1. The molecule has 0 aliphatic carbocycles. The highest BCUT2D eigenvalue weighted by Crippen LogP contribution is 2.09. The van der Waals surface area contributed by atoms with Crippen molar-refractivity contribution in [1.82, 2.24) is 14.5 Å². The van der Waals surface area contributed by atoms with Crippen LogP contribution < -0.4 is 5.56 Å². The number of amides is 1. The Morgan fingerprint density at radius 1 is 1.15 bits per heavy atom. The number of aromatic nitrogens is 2. The highest BCUT2D eigenvalue weighted by Gasteiger charge is 2.17. The van der Waals surface area contributed by atoms with Crippen molar-refractivity contribution < 1.29 is 4.79 Å². The van der Waals surface area contributed by atoms with E-state index in [9.17, 15) is 9.59 Å². The maximum absolute atomic E-state index is 12.3. The van der Waals surface area contributed by atoms with Gasteiger partial charge in [-0.05, 0) is 31.4 Å². The number of hydrogen-bond donors (Lipinski definition) is 0. The molecule has 1 aliphatic rings. The normalized spacial score (nSPS) is 15.5. The molecule has 2 heterocycles. The number of nitrogens with zero attached hydrogens (tertiary/aromatic N) is 3. The summed E-state index contributed by atoms with van der Waals surface area (Å²) in [4.78, 5) is 30.6. The van der Waals surface area contributed by atoms with Crippen LogP contribution in [-0.2, 0) is 11.3 Å². The number of benzene rings is 1. The van der Waals surface area contributed by atoms with Gasteiger partial charge in [0.15, 0.2) is 0 Å². The minimum absolute atomic E-state index is 0.00359. The third kappa shape index (κ3) is 2.43. The average molecular weight is 271 g/mol. The van der Waals surface area contributed by atoms with E-state index < -0.39 is 0 Å². The van der Waals surface area contributed by atoms with Crippen molar-refractivity contribution in [2.75, 3.05) is 13.1 Å². The first-order valence-corrected chi connectivity index (χ1v) is 6.98. The molecule has 1 aromatic heterocycles. The van der Waals surface area contributed by atoms with Crippen LogP contribution in [0, 0.1) is 0 Å². The first kappa shape index (κ1) is 12.8.